The van der Waals surface area contributed by atoms with Gasteiger partial charge in [0, 0.05) is 25.2 Å². The van der Waals surface area contributed by atoms with E-state index in [0.29, 0.717) is 29.3 Å². The summed E-state index contributed by atoms with van der Waals surface area (Å²) in [6.07, 6.45) is 3.38. The Kier molecular flexibility index (Phi) is 3.80. The largest absolute Gasteiger partial charge is 0.337 e. The molecule has 1 amide bonds. The van der Waals surface area contributed by atoms with Gasteiger partial charge in [0.15, 0.2) is 11.2 Å². The molecule has 0 bridgehead atoms. The van der Waals surface area contributed by atoms with Gasteiger partial charge in [-0.25, -0.2) is 9.67 Å². The van der Waals surface area contributed by atoms with Crippen LogP contribution >= 0.6 is 11.6 Å². The Balaban J connectivity index is 1.96. The number of fused-ring (bicyclic) bond motifs is 1. The van der Waals surface area contributed by atoms with Crippen molar-refractivity contribution in [3.05, 3.63) is 51.7 Å². The molecule has 1 saturated heterocycles. The Bertz CT molecular complexity index is 1020. The Morgan fingerprint density at radius 1 is 1.16 bits per heavy atom. The fraction of sp³-hybridized carbons (Fsp3) is 0.294. The van der Waals surface area contributed by atoms with E-state index >= 15 is 0 Å². The Morgan fingerprint density at radius 3 is 2.52 bits per heavy atom. The van der Waals surface area contributed by atoms with E-state index in [9.17, 15) is 9.59 Å². The van der Waals surface area contributed by atoms with Gasteiger partial charge >= 0.3 is 0 Å². The molecule has 4 rings (SSSR count). The van der Waals surface area contributed by atoms with Gasteiger partial charge in [-0.1, -0.05) is 11.6 Å². The third-order valence-electron chi connectivity index (χ3n) is 4.41. The van der Waals surface area contributed by atoms with Crippen molar-refractivity contribution in [2.45, 2.75) is 12.8 Å². The van der Waals surface area contributed by atoms with Crippen LogP contribution in [0.15, 0.2) is 35.4 Å². The molecule has 3 aromatic rings. The maximum Gasteiger partial charge on any atom is 0.279 e. The number of hydrogen-bond acceptors (Lipinski definition) is 4. The number of carbonyl (C=O) groups is 1. The van der Waals surface area contributed by atoms with Crippen molar-refractivity contribution in [3.8, 4) is 5.69 Å². The molecule has 1 aliphatic heterocycles. The zero-order valence-electron chi connectivity index (χ0n) is 13.6. The summed E-state index contributed by atoms with van der Waals surface area (Å²) in [6.45, 7) is 1.41. The predicted octanol–water partition coefficient (Wildman–Crippen LogP) is 2.01. The lowest BCUT2D eigenvalue weighted by molar-refractivity contribution is 0.0788. The number of benzene rings is 1. The summed E-state index contributed by atoms with van der Waals surface area (Å²) in [6, 6.07) is 6.94. The fourth-order valence-corrected chi connectivity index (χ4v) is 3.20. The highest BCUT2D eigenvalue weighted by atomic mass is 35.5. The van der Waals surface area contributed by atoms with Crippen LogP contribution in [0.1, 0.15) is 23.3 Å². The first-order chi connectivity index (χ1) is 12.1. The second kappa shape index (κ2) is 6.00. The van der Waals surface area contributed by atoms with Crippen LogP contribution in [-0.4, -0.2) is 43.2 Å². The van der Waals surface area contributed by atoms with Crippen molar-refractivity contribution in [1.82, 2.24) is 24.2 Å². The molecule has 0 radical (unpaired) electrons. The molecule has 0 atom stereocenters. The zero-order valence-corrected chi connectivity index (χ0v) is 14.4. The van der Waals surface area contributed by atoms with Gasteiger partial charge in [-0.3, -0.25) is 9.59 Å². The minimum Gasteiger partial charge on any atom is -0.337 e. The van der Waals surface area contributed by atoms with Gasteiger partial charge in [-0.05, 0) is 37.1 Å². The number of likely N-dealkylation sites (tertiary alicyclic amines) is 1. The summed E-state index contributed by atoms with van der Waals surface area (Å²) in [5.41, 5.74) is 1.22. The van der Waals surface area contributed by atoms with E-state index in [2.05, 4.69) is 10.1 Å². The molecule has 3 heterocycles. The van der Waals surface area contributed by atoms with Crippen molar-refractivity contribution >= 4 is 28.5 Å². The minimum absolute atomic E-state index is 0.184. The molecule has 1 fully saturated rings. The quantitative estimate of drug-likeness (QED) is 0.703. The number of rotatable bonds is 2. The van der Waals surface area contributed by atoms with E-state index in [1.165, 1.54) is 15.6 Å². The average Bonchev–Trinajstić information content (AvgIpc) is 3.26. The van der Waals surface area contributed by atoms with Gasteiger partial charge in [0.2, 0.25) is 0 Å². The van der Waals surface area contributed by atoms with Crippen molar-refractivity contribution in [2.24, 2.45) is 7.05 Å². The third kappa shape index (κ3) is 2.60. The number of halogens is 1. The number of carbonyl (C=O) groups excluding carboxylic acids is 1. The first-order valence-corrected chi connectivity index (χ1v) is 8.43. The number of amides is 1. The molecule has 1 aliphatic rings. The molecule has 2 aromatic heterocycles. The van der Waals surface area contributed by atoms with Crippen LogP contribution in [0.2, 0.25) is 5.02 Å². The van der Waals surface area contributed by atoms with Crippen LogP contribution < -0.4 is 5.56 Å². The average molecular weight is 358 g/mol. The van der Waals surface area contributed by atoms with Crippen molar-refractivity contribution in [1.29, 1.82) is 0 Å². The first-order valence-electron chi connectivity index (χ1n) is 8.06. The molecule has 25 heavy (non-hydrogen) atoms. The molecule has 7 nitrogen and oxygen atoms in total. The second-order valence-corrected chi connectivity index (χ2v) is 6.53. The molecule has 0 saturated carbocycles. The lowest BCUT2D eigenvalue weighted by Crippen LogP contribution is -2.28. The molecule has 0 unspecified atom stereocenters. The van der Waals surface area contributed by atoms with E-state index in [0.717, 1.165) is 12.8 Å². The number of aryl methyl sites for hydroxylation is 1. The smallest absolute Gasteiger partial charge is 0.279 e. The zero-order chi connectivity index (χ0) is 17.6. The summed E-state index contributed by atoms with van der Waals surface area (Å²) in [5.74, 6) is -0.184. The van der Waals surface area contributed by atoms with E-state index in [-0.39, 0.29) is 22.7 Å². The number of nitrogens with zero attached hydrogens (tertiary/aromatic N) is 5. The fourth-order valence-electron chi connectivity index (χ4n) is 3.07. The van der Waals surface area contributed by atoms with Crippen molar-refractivity contribution in [3.63, 3.8) is 0 Å². The predicted molar refractivity (Wildman–Crippen MR) is 94.3 cm³/mol. The summed E-state index contributed by atoms with van der Waals surface area (Å²) in [4.78, 5) is 31.6. The minimum atomic E-state index is -0.257. The molecule has 128 valence electrons. The maximum absolute atomic E-state index is 12.8. The van der Waals surface area contributed by atoms with E-state index in [1.54, 1.807) is 36.2 Å². The molecule has 8 heteroatoms. The number of hydrogen-bond donors (Lipinski definition) is 0. The van der Waals surface area contributed by atoms with Gasteiger partial charge in [0.05, 0.1) is 12.0 Å². The molecule has 0 N–H and O–H groups in total. The Hall–Kier alpha value is -2.67. The first kappa shape index (κ1) is 15.8. The monoisotopic (exact) mass is 357 g/mol. The molecule has 0 aliphatic carbocycles. The summed E-state index contributed by atoms with van der Waals surface area (Å²) in [7, 11) is 1.62. The van der Waals surface area contributed by atoms with Crippen LogP contribution in [-0.2, 0) is 7.05 Å². The van der Waals surface area contributed by atoms with Crippen LogP contribution in [0.25, 0.3) is 16.7 Å². The highest BCUT2D eigenvalue weighted by Crippen LogP contribution is 2.21. The van der Waals surface area contributed by atoms with Gasteiger partial charge in [0.25, 0.3) is 11.5 Å². The molecular weight excluding hydrogens is 342 g/mol. The lowest BCUT2D eigenvalue weighted by atomic mass is 10.3. The Morgan fingerprint density at radius 2 is 1.84 bits per heavy atom. The maximum atomic E-state index is 12.8. The van der Waals surface area contributed by atoms with Crippen LogP contribution in [0, 0.1) is 0 Å². The lowest BCUT2D eigenvalue weighted by Gasteiger charge is -2.13. The van der Waals surface area contributed by atoms with Crippen molar-refractivity contribution < 1.29 is 4.79 Å². The normalized spacial score (nSPS) is 14.4. The number of aromatic nitrogens is 4. The van der Waals surface area contributed by atoms with E-state index < -0.39 is 0 Å². The highest BCUT2D eigenvalue weighted by molar-refractivity contribution is 6.30. The summed E-state index contributed by atoms with van der Waals surface area (Å²) >= 11 is 5.95. The Labute approximate surface area is 148 Å². The molecular formula is C17H16ClN5O2. The van der Waals surface area contributed by atoms with Gasteiger partial charge in [-0.2, -0.15) is 5.10 Å². The summed E-state index contributed by atoms with van der Waals surface area (Å²) < 4.78 is 2.85. The standard InChI is InChI=1S/C17H16ClN5O2/c1-21-10-19-13-14(16(24)22-8-2-3-9-22)20-23(15(13)17(21)25)12-6-4-11(18)5-7-12/h4-7,10H,2-3,8-9H2,1H3. The topological polar surface area (TPSA) is 73.0 Å². The third-order valence-corrected chi connectivity index (χ3v) is 4.66. The van der Waals surface area contributed by atoms with Crippen LogP contribution in [0.4, 0.5) is 0 Å². The van der Waals surface area contributed by atoms with E-state index in [1.807, 2.05) is 0 Å². The van der Waals surface area contributed by atoms with Gasteiger partial charge in [0.1, 0.15) is 5.52 Å². The van der Waals surface area contributed by atoms with E-state index in [4.69, 9.17) is 11.6 Å². The second-order valence-electron chi connectivity index (χ2n) is 6.09. The molecule has 0 spiro atoms. The SMILES string of the molecule is Cn1cnc2c(C(=O)N3CCCC3)nn(-c3ccc(Cl)cc3)c2c1=O. The van der Waals surface area contributed by atoms with Gasteiger partial charge < -0.3 is 9.47 Å². The highest BCUT2D eigenvalue weighted by Gasteiger charge is 2.27. The van der Waals surface area contributed by atoms with Crippen LogP contribution in [0.3, 0.4) is 0 Å². The van der Waals surface area contributed by atoms with Gasteiger partial charge in [-0.15, -0.1) is 0 Å². The summed E-state index contributed by atoms with van der Waals surface area (Å²) in [5, 5.41) is 5.03. The van der Waals surface area contributed by atoms with Crippen LogP contribution in [0.5, 0.6) is 0 Å². The molecule has 1 aromatic carbocycles. The van der Waals surface area contributed by atoms with Crippen molar-refractivity contribution in [2.75, 3.05) is 13.1 Å².